The van der Waals surface area contributed by atoms with Crippen molar-refractivity contribution in [3.05, 3.63) is 141 Å². The van der Waals surface area contributed by atoms with Crippen molar-refractivity contribution in [3.8, 4) is 0 Å². The van der Waals surface area contributed by atoms with E-state index in [9.17, 15) is 0 Å². The van der Waals surface area contributed by atoms with Crippen LogP contribution in [0.1, 0.15) is 154 Å². The molecule has 0 bridgehead atoms. The molecule has 2 aliphatic carbocycles. The largest absolute Gasteiger partial charge is 0.359 e. The monoisotopic (exact) mass is 728 g/mol. The molecule has 54 heavy (non-hydrogen) atoms. The first-order valence-electron chi connectivity index (χ1n) is 20.8. The molecule has 1 fully saturated rings. The van der Waals surface area contributed by atoms with Crippen LogP contribution in [0.4, 0.5) is 20.2 Å². The highest BCUT2D eigenvalue weighted by atomic mass is 19.1. The number of benzene rings is 4. The molecular formula is C50H62F2N2. The van der Waals surface area contributed by atoms with Gasteiger partial charge in [0, 0.05) is 22.7 Å². The molecule has 6 rings (SSSR count). The van der Waals surface area contributed by atoms with Gasteiger partial charge in [-0.3, -0.25) is 4.99 Å². The molecule has 0 spiro atoms. The lowest BCUT2D eigenvalue weighted by molar-refractivity contribution is 0.510. The van der Waals surface area contributed by atoms with Crippen molar-refractivity contribution in [1.29, 1.82) is 0 Å². The van der Waals surface area contributed by atoms with Gasteiger partial charge in [-0.05, 0) is 158 Å². The van der Waals surface area contributed by atoms with E-state index in [4.69, 9.17) is 4.99 Å². The molecule has 0 radical (unpaired) electrons. The highest BCUT2D eigenvalue weighted by Crippen LogP contribution is 2.55. The summed E-state index contributed by atoms with van der Waals surface area (Å²) in [5.41, 5.74) is 12.4. The molecule has 0 amide bonds. The van der Waals surface area contributed by atoms with Crippen molar-refractivity contribution in [3.63, 3.8) is 0 Å². The Balaban J connectivity index is 1.36. The minimum absolute atomic E-state index is 0.0878. The predicted octanol–water partition coefficient (Wildman–Crippen LogP) is 14.6. The Morgan fingerprint density at radius 1 is 0.759 bits per heavy atom. The van der Waals surface area contributed by atoms with Crippen LogP contribution in [-0.2, 0) is 12.8 Å². The van der Waals surface area contributed by atoms with Crippen LogP contribution in [0.15, 0.2) is 90.1 Å². The van der Waals surface area contributed by atoms with Gasteiger partial charge in [0.1, 0.15) is 11.6 Å². The Morgan fingerprint density at radius 2 is 1.33 bits per heavy atom. The number of fused-ring (bicyclic) bond motifs is 1. The molecule has 5 atom stereocenters. The zero-order valence-corrected chi connectivity index (χ0v) is 33.9. The SMILES string of the molecule is C=C(Nc1ccc(C2CC[C@H](c3ccc(C)c(/N=C(\C)C(C)CCCC)c3)C2c2cc(F)c(C3Cc4ccccc4C3)c(F)c2)cc1C)[C@@H](C)CCCC. The average molecular weight is 729 g/mol. The summed E-state index contributed by atoms with van der Waals surface area (Å²) in [7, 11) is 0. The molecule has 0 aromatic heterocycles. The number of halogens is 2. The van der Waals surface area contributed by atoms with E-state index in [1.165, 1.54) is 47.9 Å². The first-order valence-corrected chi connectivity index (χ1v) is 20.8. The molecular weight excluding hydrogens is 667 g/mol. The molecule has 4 aromatic rings. The number of hydrogen-bond acceptors (Lipinski definition) is 2. The maximum Gasteiger partial charge on any atom is 0.129 e. The van der Waals surface area contributed by atoms with Gasteiger partial charge in [-0.15, -0.1) is 0 Å². The zero-order valence-electron chi connectivity index (χ0n) is 33.9. The van der Waals surface area contributed by atoms with Gasteiger partial charge in [-0.1, -0.05) is 108 Å². The average Bonchev–Trinajstić information content (AvgIpc) is 3.79. The van der Waals surface area contributed by atoms with Crippen LogP contribution in [-0.4, -0.2) is 5.71 Å². The third-order valence-electron chi connectivity index (χ3n) is 12.8. The van der Waals surface area contributed by atoms with Crippen LogP contribution < -0.4 is 5.32 Å². The summed E-state index contributed by atoms with van der Waals surface area (Å²) >= 11 is 0. The number of anilines is 1. The fourth-order valence-corrected chi connectivity index (χ4v) is 9.20. The van der Waals surface area contributed by atoms with E-state index in [2.05, 4.69) is 109 Å². The summed E-state index contributed by atoms with van der Waals surface area (Å²) in [6.45, 7) is 19.8. The third kappa shape index (κ3) is 8.74. The number of allylic oxidation sites excluding steroid dienone is 1. The number of nitrogens with zero attached hydrogens (tertiary/aromatic N) is 1. The van der Waals surface area contributed by atoms with Gasteiger partial charge in [-0.25, -0.2) is 8.78 Å². The van der Waals surface area contributed by atoms with Crippen molar-refractivity contribution in [2.45, 2.75) is 136 Å². The fraction of sp³-hybridized carbons (Fsp3) is 0.460. The lowest BCUT2D eigenvalue weighted by atomic mass is 9.76. The van der Waals surface area contributed by atoms with E-state index in [-0.39, 0.29) is 29.2 Å². The van der Waals surface area contributed by atoms with Crippen molar-refractivity contribution >= 4 is 17.1 Å². The first kappa shape index (κ1) is 39.6. The summed E-state index contributed by atoms with van der Waals surface area (Å²) in [6.07, 6.45) is 10.2. The predicted molar refractivity (Wildman–Crippen MR) is 226 cm³/mol. The summed E-state index contributed by atoms with van der Waals surface area (Å²) < 4.78 is 32.9. The molecule has 0 heterocycles. The van der Waals surface area contributed by atoms with Gasteiger partial charge in [0.2, 0.25) is 0 Å². The van der Waals surface area contributed by atoms with Crippen LogP contribution in [0.2, 0.25) is 0 Å². The molecule has 3 unspecified atom stereocenters. The Kier molecular flexibility index (Phi) is 12.9. The second-order valence-electron chi connectivity index (χ2n) is 16.7. The number of hydrogen-bond donors (Lipinski definition) is 1. The lowest BCUT2D eigenvalue weighted by Gasteiger charge is -2.28. The van der Waals surface area contributed by atoms with Gasteiger partial charge in [0.15, 0.2) is 0 Å². The van der Waals surface area contributed by atoms with E-state index >= 15 is 8.78 Å². The number of nitrogens with one attached hydrogen (secondary N) is 1. The van der Waals surface area contributed by atoms with Crippen molar-refractivity contribution < 1.29 is 8.78 Å². The fourth-order valence-electron chi connectivity index (χ4n) is 9.20. The van der Waals surface area contributed by atoms with Crippen LogP contribution in [0.5, 0.6) is 0 Å². The molecule has 4 heteroatoms. The van der Waals surface area contributed by atoms with E-state index in [1.807, 2.05) is 12.1 Å². The van der Waals surface area contributed by atoms with Gasteiger partial charge in [-0.2, -0.15) is 0 Å². The topological polar surface area (TPSA) is 24.4 Å². The molecule has 2 nitrogen and oxygen atoms in total. The Bertz CT molecular complexity index is 1930. The Labute approximate surface area is 324 Å². The quantitative estimate of drug-likeness (QED) is 0.121. The maximum absolute atomic E-state index is 16.4. The normalized spacial score (nSPS) is 19.9. The van der Waals surface area contributed by atoms with Crippen LogP contribution in [0, 0.1) is 37.3 Å². The molecule has 1 N–H and O–H groups in total. The minimum atomic E-state index is -0.412. The van der Waals surface area contributed by atoms with Gasteiger partial charge < -0.3 is 5.32 Å². The van der Waals surface area contributed by atoms with E-state index in [0.717, 1.165) is 65.2 Å². The molecule has 4 aromatic carbocycles. The summed E-state index contributed by atoms with van der Waals surface area (Å²) in [5.74, 6) is -0.0780. The lowest BCUT2D eigenvalue weighted by Crippen LogP contribution is -2.15. The van der Waals surface area contributed by atoms with Crippen LogP contribution in [0.25, 0.3) is 0 Å². The van der Waals surface area contributed by atoms with Crippen molar-refractivity contribution in [1.82, 2.24) is 0 Å². The highest BCUT2D eigenvalue weighted by Gasteiger charge is 2.40. The summed E-state index contributed by atoms with van der Waals surface area (Å²) in [5, 5.41) is 3.61. The minimum Gasteiger partial charge on any atom is -0.359 e. The van der Waals surface area contributed by atoms with Crippen molar-refractivity contribution in [2.24, 2.45) is 16.8 Å². The molecule has 0 saturated heterocycles. The van der Waals surface area contributed by atoms with E-state index < -0.39 is 11.6 Å². The number of unbranched alkanes of at least 4 members (excludes halogenated alkanes) is 2. The molecule has 286 valence electrons. The zero-order chi connectivity index (χ0) is 38.5. The Hall–Kier alpha value is -4.05. The number of aliphatic imine (C=N–C) groups is 1. The number of aryl methyl sites for hydroxylation is 2. The Morgan fingerprint density at radius 3 is 1.93 bits per heavy atom. The van der Waals surface area contributed by atoms with Gasteiger partial charge in [0.05, 0.1) is 5.69 Å². The standard InChI is InChI=1S/C50H62F2N2/c1-9-11-15-31(3)35(7)53-47-24-21-39(25-34(47)6)43-22-23-44(40-20-19-33(5)48(30-40)54-36(8)32(4)16-12-10-2)49(43)42-28-45(51)50(46(52)29-42)41-26-37-17-13-14-18-38(37)27-41/h13-14,17-21,24-25,28-32,41,43-44,49,53H,7,9-12,15-16,22-23,26-27H2,1-6,8H3/b54-36+/t31-,32?,43?,44+,49?/m0/s1. The second-order valence-corrected chi connectivity index (χ2v) is 16.7. The first-order chi connectivity index (χ1) is 26.0. The van der Waals surface area contributed by atoms with E-state index in [1.54, 1.807) is 12.1 Å². The van der Waals surface area contributed by atoms with Gasteiger partial charge >= 0.3 is 0 Å². The third-order valence-corrected chi connectivity index (χ3v) is 12.8. The molecule has 2 aliphatic rings. The number of rotatable bonds is 15. The second kappa shape index (κ2) is 17.6. The van der Waals surface area contributed by atoms with Crippen LogP contribution >= 0.6 is 0 Å². The van der Waals surface area contributed by atoms with E-state index in [0.29, 0.717) is 24.7 Å². The van der Waals surface area contributed by atoms with Crippen molar-refractivity contribution in [2.75, 3.05) is 5.32 Å². The summed E-state index contributed by atoms with van der Waals surface area (Å²) in [4.78, 5) is 5.18. The van der Waals surface area contributed by atoms with Crippen LogP contribution in [0.3, 0.4) is 0 Å². The highest BCUT2D eigenvalue weighted by molar-refractivity contribution is 5.87. The smallest absolute Gasteiger partial charge is 0.129 e. The summed E-state index contributed by atoms with van der Waals surface area (Å²) in [6, 6.07) is 24.9. The molecule has 0 aliphatic heterocycles. The maximum atomic E-state index is 16.4. The molecule has 1 saturated carbocycles. The van der Waals surface area contributed by atoms with Gasteiger partial charge in [0.25, 0.3) is 0 Å².